The first-order valence-electron chi connectivity index (χ1n) is 7.80. The lowest BCUT2D eigenvalue weighted by molar-refractivity contribution is -0.384. The number of hydrogen-bond acceptors (Lipinski definition) is 3. The Morgan fingerprint density at radius 1 is 0.880 bits per heavy atom. The molecule has 0 spiro atoms. The first-order valence-corrected chi connectivity index (χ1v) is 7.80. The molecule has 25 heavy (non-hydrogen) atoms. The van der Waals surface area contributed by atoms with Crippen molar-refractivity contribution in [1.82, 2.24) is 5.32 Å². The average molecular weight is 332 g/mol. The molecule has 0 unspecified atom stereocenters. The van der Waals surface area contributed by atoms with Gasteiger partial charge in [-0.05, 0) is 22.8 Å². The second-order valence-corrected chi connectivity index (χ2v) is 5.55. The summed E-state index contributed by atoms with van der Waals surface area (Å²) in [5.74, 6) is -0.337. The van der Waals surface area contributed by atoms with Crippen LogP contribution in [0, 0.1) is 10.1 Å². The van der Waals surface area contributed by atoms with Gasteiger partial charge in [-0.1, -0.05) is 60.7 Å². The number of amides is 1. The van der Waals surface area contributed by atoms with Gasteiger partial charge in [-0.25, -0.2) is 0 Å². The van der Waals surface area contributed by atoms with Gasteiger partial charge in [0.25, 0.3) is 11.6 Å². The van der Waals surface area contributed by atoms with E-state index in [1.165, 1.54) is 18.2 Å². The van der Waals surface area contributed by atoms with Crippen molar-refractivity contribution in [3.05, 3.63) is 100 Å². The standard InChI is InChI=1S/C20H16N2O3/c23-20(18-7-4-8-19(13-18)22(24)25)21-14-15-9-11-17(12-10-15)16-5-2-1-3-6-16/h1-13H,14H2,(H,21,23). The molecule has 5 nitrogen and oxygen atoms in total. The van der Waals surface area contributed by atoms with Crippen LogP contribution >= 0.6 is 0 Å². The van der Waals surface area contributed by atoms with Crippen LogP contribution in [-0.4, -0.2) is 10.8 Å². The number of carbonyl (C=O) groups is 1. The molecule has 0 radical (unpaired) electrons. The van der Waals surface area contributed by atoms with Gasteiger partial charge in [-0.2, -0.15) is 0 Å². The number of nitro benzene ring substituents is 1. The Hall–Kier alpha value is -3.47. The summed E-state index contributed by atoms with van der Waals surface area (Å²) in [5.41, 5.74) is 3.37. The Kier molecular flexibility index (Phi) is 4.85. The maximum Gasteiger partial charge on any atom is 0.270 e. The van der Waals surface area contributed by atoms with Crippen LogP contribution in [0.2, 0.25) is 0 Å². The molecule has 124 valence electrons. The van der Waals surface area contributed by atoms with Gasteiger partial charge in [0.05, 0.1) is 4.92 Å². The fourth-order valence-electron chi connectivity index (χ4n) is 2.49. The van der Waals surface area contributed by atoms with Crippen molar-refractivity contribution in [2.45, 2.75) is 6.54 Å². The van der Waals surface area contributed by atoms with E-state index in [0.717, 1.165) is 16.7 Å². The number of nitrogens with one attached hydrogen (secondary N) is 1. The molecule has 5 heteroatoms. The first-order chi connectivity index (χ1) is 12.1. The van der Waals surface area contributed by atoms with Crippen LogP contribution in [0.3, 0.4) is 0 Å². The van der Waals surface area contributed by atoms with Gasteiger partial charge in [0.2, 0.25) is 0 Å². The van der Waals surface area contributed by atoms with E-state index in [1.54, 1.807) is 6.07 Å². The minimum atomic E-state index is -0.515. The molecule has 1 N–H and O–H groups in total. The number of benzene rings is 3. The molecule has 3 aromatic carbocycles. The van der Waals surface area contributed by atoms with Gasteiger partial charge >= 0.3 is 0 Å². The lowest BCUT2D eigenvalue weighted by atomic mass is 10.0. The highest BCUT2D eigenvalue weighted by Crippen LogP contribution is 2.19. The van der Waals surface area contributed by atoms with Crippen molar-refractivity contribution in [3.63, 3.8) is 0 Å². The molecule has 0 aliphatic rings. The van der Waals surface area contributed by atoms with Crippen molar-refractivity contribution < 1.29 is 9.72 Å². The Balaban J connectivity index is 1.64. The Morgan fingerprint density at radius 2 is 1.56 bits per heavy atom. The Labute approximate surface area is 145 Å². The van der Waals surface area contributed by atoms with Crippen molar-refractivity contribution in [2.24, 2.45) is 0 Å². The minimum Gasteiger partial charge on any atom is -0.348 e. The van der Waals surface area contributed by atoms with Gasteiger partial charge in [-0.3, -0.25) is 14.9 Å². The van der Waals surface area contributed by atoms with Gasteiger partial charge in [-0.15, -0.1) is 0 Å². The van der Waals surface area contributed by atoms with E-state index >= 15 is 0 Å². The van der Waals surface area contributed by atoms with Crippen LogP contribution in [0.1, 0.15) is 15.9 Å². The van der Waals surface area contributed by atoms with Gasteiger partial charge in [0, 0.05) is 24.2 Å². The zero-order valence-electron chi connectivity index (χ0n) is 13.4. The molecular formula is C20H16N2O3. The molecule has 0 saturated carbocycles. The summed E-state index contributed by atoms with van der Waals surface area (Å²) in [4.78, 5) is 22.4. The normalized spacial score (nSPS) is 10.2. The van der Waals surface area contributed by atoms with Crippen molar-refractivity contribution in [2.75, 3.05) is 0 Å². The summed E-state index contributed by atoms with van der Waals surface area (Å²) in [5, 5.41) is 13.6. The third-order valence-electron chi connectivity index (χ3n) is 3.83. The SMILES string of the molecule is O=C(NCc1ccc(-c2ccccc2)cc1)c1cccc([N+](=O)[O-])c1. The molecule has 0 saturated heterocycles. The number of carbonyl (C=O) groups excluding carboxylic acids is 1. The summed E-state index contributed by atoms with van der Waals surface area (Å²) in [7, 11) is 0. The van der Waals surface area contributed by atoms with E-state index in [0.29, 0.717) is 6.54 Å². The molecule has 1 amide bonds. The van der Waals surface area contributed by atoms with Gasteiger partial charge in [0.1, 0.15) is 0 Å². The van der Waals surface area contributed by atoms with Crippen LogP contribution in [0.15, 0.2) is 78.9 Å². The lowest BCUT2D eigenvalue weighted by Crippen LogP contribution is -2.22. The second kappa shape index (κ2) is 7.40. The van der Waals surface area contributed by atoms with Crippen molar-refractivity contribution >= 4 is 11.6 Å². The smallest absolute Gasteiger partial charge is 0.270 e. The molecule has 0 atom stereocenters. The minimum absolute atomic E-state index is 0.0973. The van der Waals surface area contributed by atoms with E-state index in [-0.39, 0.29) is 17.2 Å². The molecule has 3 rings (SSSR count). The van der Waals surface area contributed by atoms with Crippen LogP contribution in [0.5, 0.6) is 0 Å². The highest BCUT2D eigenvalue weighted by molar-refractivity contribution is 5.94. The van der Waals surface area contributed by atoms with E-state index in [1.807, 2.05) is 54.6 Å². The largest absolute Gasteiger partial charge is 0.348 e. The number of nitrogens with zero attached hydrogens (tertiary/aromatic N) is 1. The number of rotatable bonds is 5. The molecule has 0 aliphatic carbocycles. The first kappa shape index (κ1) is 16.4. The topological polar surface area (TPSA) is 72.2 Å². The predicted octanol–water partition coefficient (Wildman–Crippen LogP) is 4.19. The van der Waals surface area contributed by atoms with E-state index in [2.05, 4.69) is 5.32 Å². The predicted molar refractivity (Wildman–Crippen MR) is 96.1 cm³/mol. The Bertz CT molecular complexity index is 890. The molecule has 0 fully saturated rings. The molecule has 0 aliphatic heterocycles. The third-order valence-corrected chi connectivity index (χ3v) is 3.83. The monoisotopic (exact) mass is 332 g/mol. The maximum absolute atomic E-state index is 12.1. The highest BCUT2D eigenvalue weighted by Gasteiger charge is 2.11. The molecule has 0 bridgehead atoms. The second-order valence-electron chi connectivity index (χ2n) is 5.55. The summed E-state index contributed by atoms with van der Waals surface area (Å²) in [6.45, 7) is 0.358. The van der Waals surface area contributed by atoms with Crippen molar-refractivity contribution in [3.8, 4) is 11.1 Å². The number of hydrogen-bond donors (Lipinski definition) is 1. The van der Waals surface area contributed by atoms with Crippen LogP contribution in [0.4, 0.5) is 5.69 Å². The lowest BCUT2D eigenvalue weighted by Gasteiger charge is -2.07. The van der Waals surface area contributed by atoms with Crippen LogP contribution < -0.4 is 5.32 Å². The summed E-state index contributed by atoms with van der Waals surface area (Å²) in [6.07, 6.45) is 0. The van der Waals surface area contributed by atoms with Gasteiger partial charge < -0.3 is 5.32 Å². The zero-order valence-corrected chi connectivity index (χ0v) is 13.4. The van der Waals surface area contributed by atoms with Crippen LogP contribution in [0.25, 0.3) is 11.1 Å². The molecule has 0 aromatic heterocycles. The quantitative estimate of drug-likeness (QED) is 0.562. The van der Waals surface area contributed by atoms with E-state index < -0.39 is 4.92 Å². The third kappa shape index (κ3) is 4.09. The average Bonchev–Trinajstić information content (AvgIpc) is 2.67. The molecular weight excluding hydrogens is 316 g/mol. The van der Waals surface area contributed by atoms with E-state index in [4.69, 9.17) is 0 Å². The van der Waals surface area contributed by atoms with Crippen LogP contribution in [-0.2, 0) is 6.54 Å². The fraction of sp³-hybridized carbons (Fsp3) is 0.0500. The molecule has 0 heterocycles. The summed E-state index contributed by atoms with van der Waals surface area (Å²) in [6, 6.07) is 23.6. The van der Waals surface area contributed by atoms with E-state index in [9.17, 15) is 14.9 Å². The number of nitro groups is 1. The van der Waals surface area contributed by atoms with Crippen molar-refractivity contribution in [1.29, 1.82) is 0 Å². The fourth-order valence-corrected chi connectivity index (χ4v) is 2.49. The zero-order chi connectivity index (χ0) is 17.6. The maximum atomic E-state index is 12.1. The summed E-state index contributed by atoms with van der Waals surface area (Å²) >= 11 is 0. The molecule has 3 aromatic rings. The highest BCUT2D eigenvalue weighted by atomic mass is 16.6. The van der Waals surface area contributed by atoms with Gasteiger partial charge in [0.15, 0.2) is 0 Å². The number of non-ortho nitro benzene ring substituents is 1. The Morgan fingerprint density at radius 3 is 2.24 bits per heavy atom. The summed E-state index contributed by atoms with van der Waals surface area (Å²) < 4.78 is 0.